The van der Waals surface area contributed by atoms with E-state index in [0.717, 1.165) is 29.4 Å². The lowest BCUT2D eigenvalue weighted by Crippen LogP contribution is -2.00. The van der Waals surface area contributed by atoms with Gasteiger partial charge in [-0.05, 0) is 44.0 Å². The van der Waals surface area contributed by atoms with Crippen molar-refractivity contribution < 1.29 is 0 Å². The molecule has 0 atom stereocenters. The molecule has 0 radical (unpaired) electrons. The molecule has 0 bridgehead atoms. The van der Waals surface area contributed by atoms with Gasteiger partial charge in [0.15, 0.2) is 0 Å². The summed E-state index contributed by atoms with van der Waals surface area (Å²) in [7, 11) is 0. The molecule has 3 N–H and O–H groups in total. The minimum Gasteiger partial charge on any atom is -0.358 e. The number of nitrogens with one attached hydrogen (secondary N) is 1. The first-order valence-electron chi connectivity index (χ1n) is 5.29. The molecule has 2 aromatic rings. The van der Waals surface area contributed by atoms with Gasteiger partial charge in [-0.25, -0.2) is 0 Å². The molecule has 0 unspecified atom stereocenters. The van der Waals surface area contributed by atoms with Crippen LogP contribution in [0.5, 0.6) is 0 Å². The number of aromatic nitrogens is 1. The highest BCUT2D eigenvalue weighted by molar-refractivity contribution is 6.38. The lowest BCUT2D eigenvalue weighted by Gasteiger charge is -2.02. The van der Waals surface area contributed by atoms with Gasteiger partial charge in [0.25, 0.3) is 0 Å². The molecule has 0 aliphatic carbocycles. The average molecular weight is 257 g/mol. The van der Waals surface area contributed by atoms with Crippen molar-refractivity contribution in [1.82, 2.24) is 4.98 Å². The van der Waals surface area contributed by atoms with Crippen LogP contribution in [0.2, 0.25) is 10.0 Å². The van der Waals surface area contributed by atoms with Crippen molar-refractivity contribution in [3.63, 3.8) is 0 Å². The molecular weight excluding hydrogens is 243 g/mol. The van der Waals surface area contributed by atoms with Crippen molar-refractivity contribution in [2.45, 2.75) is 19.8 Å². The quantitative estimate of drug-likeness (QED) is 0.865. The van der Waals surface area contributed by atoms with E-state index in [0.29, 0.717) is 16.6 Å². The van der Waals surface area contributed by atoms with Gasteiger partial charge in [0.2, 0.25) is 0 Å². The van der Waals surface area contributed by atoms with Gasteiger partial charge in [-0.15, -0.1) is 0 Å². The summed E-state index contributed by atoms with van der Waals surface area (Å²) in [5, 5.41) is 2.44. The van der Waals surface area contributed by atoms with Crippen molar-refractivity contribution in [3.8, 4) is 0 Å². The highest BCUT2D eigenvalue weighted by atomic mass is 35.5. The van der Waals surface area contributed by atoms with E-state index in [1.54, 1.807) is 6.07 Å². The first-order valence-corrected chi connectivity index (χ1v) is 6.05. The Labute approximate surface area is 105 Å². The number of nitrogens with two attached hydrogens (primary N) is 1. The van der Waals surface area contributed by atoms with Gasteiger partial charge in [-0.1, -0.05) is 23.2 Å². The van der Waals surface area contributed by atoms with Gasteiger partial charge in [0.05, 0.1) is 5.02 Å². The standard InChI is InChI=1S/C12H14Cl2N2/c1-7-9(3-2-4-15)12-10(14)5-8(13)6-11(12)16-7/h5-6,16H,2-4,15H2,1H3. The number of hydrogen-bond donors (Lipinski definition) is 2. The van der Waals surface area contributed by atoms with Gasteiger partial charge >= 0.3 is 0 Å². The molecule has 0 fully saturated rings. The number of aromatic amines is 1. The van der Waals surface area contributed by atoms with Crippen LogP contribution in [-0.4, -0.2) is 11.5 Å². The van der Waals surface area contributed by atoms with Crippen LogP contribution in [0.3, 0.4) is 0 Å². The molecule has 0 saturated heterocycles. The molecule has 0 aliphatic heterocycles. The van der Waals surface area contributed by atoms with Crippen LogP contribution in [-0.2, 0) is 6.42 Å². The number of fused-ring (bicyclic) bond motifs is 1. The lowest BCUT2D eigenvalue weighted by molar-refractivity contribution is 0.831. The van der Waals surface area contributed by atoms with Crippen molar-refractivity contribution in [1.29, 1.82) is 0 Å². The van der Waals surface area contributed by atoms with Crippen LogP contribution in [0.1, 0.15) is 17.7 Å². The second kappa shape index (κ2) is 4.66. The van der Waals surface area contributed by atoms with Gasteiger partial charge in [-0.2, -0.15) is 0 Å². The first-order chi connectivity index (χ1) is 7.63. The van der Waals surface area contributed by atoms with Gasteiger partial charge < -0.3 is 10.7 Å². The summed E-state index contributed by atoms with van der Waals surface area (Å²) in [6.45, 7) is 2.74. The van der Waals surface area contributed by atoms with Crippen molar-refractivity contribution in [3.05, 3.63) is 33.4 Å². The summed E-state index contributed by atoms with van der Waals surface area (Å²) in [4.78, 5) is 3.31. The predicted octanol–water partition coefficient (Wildman–Crippen LogP) is 3.67. The Balaban J connectivity index is 2.59. The van der Waals surface area contributed by atoms with E-state index in [2.05, 4.69) is 11.9 Å². The van der Waals surface area contributed by atoms with Crippen LogP contribution in [0.15, 0.2) is 12.1 Å². The Morgan fingerprint density at radius 1 is 1.31 bits per heavy atom. The normalized spacial score (nSPS) is 11.2. The van der Waals surface area contributed by atoms with E-state index in [1.165, 1.54) is 5.56 Å². The molecule has 1 aromatic carbocycles. The monoisotopic (exact) mass is 256 g/mol. The Hall–Kier alpha value is -0.700. The molecule has 0 aliphatic rings. The summed E-state index contributed by atoms with van der Waals surface area (Å²) in [6, 6.07) is 3.69. The smallest absolute Gasteiger partial charge is 0.0517 e. The molecule has 86 valence electrons. The molecule has 0 spiro atoms. The molecule has 2 nitrogen and oxygen atoms in total. The van der Waals surface area contributed by atoms with Gasteiger partial charge in [0.1, 0.15) is 0 Å². The third-order valence-electron chi connectivity index (χ3n) is 2.76. The molecule has 1 heterocycles. The number of halogens is 2. The minimum absolute atomic E-state index is 0.657. The topological polar surface area (TPSA) is 41.8 Å². The van der Waals surface area contributed by atoms with Crippen LogP contribution in [0.4, 0.5) is 0 Å². The first kappa shape index (κ1) is 11.8. The van der Waals surface area contributed by atoms with Crippen molar-refractivity contribution in [2.24, 2.45) is 5.73 Å². The zero-order chi connectivity index (χ0) is 11.7. The molecular formula is C12H14Cl2N2. The zero-order valence-electron chi connectivity index (χ0n) is 9.11. The minimum atomic E-state index is 0.657. The van der Waals surface area contributed by atoms with E-state index >= 15 is 0 Å². The lowest BCUT2D eigenvalue weighted by atomic mass is 10.1. The van der Waals surface area contributed by atoms with Gasteiger partial charge in [-0.3, -0.25) is 0 Å². The fourth-order valence-corrected chi connectivity index (χ4v) is 2.64. The molecule has 0 saturated carbocycles. The van der Waals surface area contributed by atoms with E-state index in [1.807, 2.05) is 6.07 Å². The second-order valence-electron chi connectivity index (χ2n) is 3.93. The Morgan fingerprint density at radius 3 is 2.75 bits per heavy atom. The number of benzene rings is 1. The SMILES string of the molecule is Cc1[nH]c2cc(Cl)cc(Cl)c2c1CCCN. The van der Waals surface area contributed by atoms with Crippen LogP contribution < -0.4 is 5.73 Å². The molecule has 4 heteroatoms. The molecule has 0 amide bonds. The summed E-state index contributed by atoms with van der Waals surface area (Å²) in [5.74, 6) is 0. The van der Waals surface area contributed by atoms with Crippen LogP contribution >= 0.6 is 23.2 Å². The Morgan fingerprint density at radius 2 is 2.06 bits per heavy atom. The number of rotatable bonds is 3. The maximum atomic E-state index is 6.22. The highest BCUT2D eigenvalue weighted by Gasteiger charge is 2.11. The molecule has 16 heavy (non-hydrogen) atoms. The van der Waals surface area contributed by atoms with E-state index in [-0.39, 0.29) is 0 Å². The summed E-state index contributed by atoms with van der Waals surface area (Å²) >= 11 is 12.2. The predicted molar refractivity (Wildman–Crippen MR) is 70.4 cm³/mol. The Bertz CT molecular complexity index is 517. The molecule has 1 aromatic heterocycles. The third-order valence-corrected chi connectivity index (χ3v) is 3.28. The van der Waals surface area contributed by atoms with Crippen LogP contribution in [0.25, 0.3) is 10.9 Å². The number of H-pyrrole nitrogens is 1. The summed E-state index contributed by atoms with van der Waals surface area (Å²) < 4.78 is 0. The molecule has 2 rings (SSSR count). The second-order valence-corrected chi connectivity index (χ2v) is 4.77. The Kier molecular flexibility index (Phi) is 3.43. The maximum absolute atomic E-state index is 6.22. The van der Waals surface area contributed by atoms with E-state index in [4.69, 9.17) is 28.9 Å². The van der Waals surface area contributed by atoms with E-state index < -0.39 is 0 Å². The summed E-state index contributed by atoms with van der Waals surface area (Å²) in [5.41, 5.74) is 8.94. The largest absolute Gasteiger partial charge is 0.358 e. The summed E-state index contributed by atoms with van der Waals surface area (Å²) in [6.07, 6.45) is 1.91. The third kappa shape index (κ3) is 2.05. The number of aryl methyl sites for hydroxylation is 2. The fraction of sp³-hybridized carbons (Fsp3) is 0.333. The van der Waals surface area contributed by atoms with Crippen molar-refractivity contribution in [2.75, 3.05) is 6.54 Å². The van der Waals surface area contributed by atoms with Crippen molar-refractivity contribution >= 4 is 34.1 Å². The highest BCUT2D eigenvalue weighted by Crippen LogP contribution is 2.32. The van der Waals surface area contributed by atoms with E-state index in [9.17, 15) is 0 Å². The van der Waals surface area contributed by atoms with Gasteiger partial charge in [0, 0.05) is 21.6 Å². The maximum Gasteiger partial charge on any atom is 0.0517 e. The fourth-order valence-electron chi connectivity index (χ4n) is 2.04. The van der Waals surface area contributed by atoms with Crippen LogP contribution in [0, 0.1) is 6.92 Å². The number of hydrogen-bond acceptors (Lipinski definition) is 1. The average Bonchev–Trinajstić information content (AvgIpc) is 2.51. The zero-order valence-corrected chi connectivity index (χ0v) is 10.6.